The van der Waals surface area contributed by atoms with Gasteiger partial charge in [-0.3, -0.25) is 9.59 Å². The number of carbonyl (C=O) groups is 2. The normalized spacial score (nSPS) is 20.3. The van der Waals surface area contributed by atoms with Crippen LogP contribution in [-0.4, -0.2) is 42.5 Å². The summed E-state index contributed by atoms with van der Waals surface area (Å²) < 4.78 is 5.93. The first-order valence-corrected chi connectivity index (χ1v) is 8.40. The standard InChI is InChI=1S/C17H18N2O3S/c1-18-16(20)15-9-14(22-13-5-3-2-4-6-13)10-19(15)17(21)12-7-8-23-11-12/h2-8,11,14-15H,9-10H2,1H3,(H,18,20)/t14-,15-/m0/s1. The average molecular weight is 330 g/mol. The second-order valence-corrected chi connectivity index (χ2v) is 6.17. The molecule has 1 fully saturated rings. The Hall–Kier alpha value is -2.34. The van der Waals surface area contributed by atoms with Gasteiger partial charge in [0, 0.05) is 18.8 Å². The maximum atomic E-state index is 12.6. The fourth-order valence-electron chi connectivity index (χ4n) is 2.77. The second-order valence-electron chi connectivity index (χ2n) is 5.39. The van der Waals surface area contributed by atoms with Crippen LogP contribution in [0.25, 0.3) is 0 Å². The van der Waals surface area contributed by atoms with E-state index in [1.54, 1.807) is 23.4 Å². The number of ether oxygens (including phenoxy) is 1. The highest BCUT2D eigenvalue weighted by Gasteiger charge is 2.40. The number of hydrogen-bond donors (Lipinski definition) is 1. The number of likely N-dealkylation sites (tertiary alicyclic amines) is 1. The maximum Gasteiger partial charge on any atom is 0.255 e. The van der Waals surface area contributed by atoms with Crippen molar-refractivity contribution in [1.82, 2.24) is 10.2 Å². The largest absolute Gasteiger partial charge is 0.488 e. The minimum atomic E-state index is -0.499. The molecule has 120 valence electrons. The van der Waals surface area contributed by atoms with Gasteiger partial charge >= 0.3 is 0 Å². The molecule has 1 saturated heterocycles. The van der Waals surface area contributed by atoms with Gasteiger partial charge in [0.1, 0.15) is 17.9 Å². The van der Waals surface area contributed by atoms with Crippen molar-refractivity contribution in [2.75, 3.05) is 13.6 Å². The topological polar surface area (TPSA) is 58.6 Å². The highest BCUT2D eigenvalue weighted by atomic mass is 32.1. The first-order chi connectivity index (χ1) is 11.2. The molecule has 1 aromatic heterocycles. The lowest BCUT2D eigenvalue weighted by Crippen LogP contribution is -2.44. The molecular formula is C17H18N2O3S. The third-order valence-corrected chi connectivity index (χ3v) is 4.57. The van der Waals surface area contributed by atoms with Gasteiger partial charge in [-0.2, -0.15) is 11.3 Å². The van der Waals surface area contributed by atoms with Crippen LogP contribution in [0.15, 0.2) is 47.2 Å². The summed E-state index contributed by atoms with van der Waals surface area (Å²) in [7, 11) is 1.58. The number of rotatable bonds is 4. The van der Waals surface area contributed by atoms with Crippen molar-refractivity contribution in [3.63, 3.8) is 0 Å². The summed E-state index contributed by atoms with van der Waals surface area (Å²) in [6, 6.07) is 10.7. The van der Waals surface area contributed by atoms with Gasteiger partial charge in [-0.25, -0.2) is 0 Å². The van der Waals surface area contributed by atoms with E-state index in [4.69, 9.17) is 4.74 Å². The number of likely N-dealkylation sites (N-methyl/N-ethyl adjacent to an activating group) is 1. The van der Waals surface area contributed by atoms with Gasteiger partial charge in [0.05, 0.1) is 12.1 Å². The Morgan fingerprint density at radius 1 is 1.26 bits per heavy atom. The van der Waals surface area contributed by atoms with Crippen LogP contribution in [-0.2, 0) is 4.79 Å². The quantitative estimate of drug-likeness (QED) is 0.934. The van der Waals surface area contributed by atoms with Gasteiger partial charge < -0.3 is 15.0 Å². The van der Waals surface area contributed by atoms with E-state index in [0.29, 0.717) is 18.5 Å². The Morgan fingerprint density at radius 3 is 2.70 bits per heavy atom. The van der Waals surface area contributed by atoms with Crippen molar-refractivity contribution in [2.45, 2.75) is 18.6 Å². The number of amides is 2. The van der Waals surface area contributed by atoms with E-state index in [2.05, 4.69) is 5.32 Å². The summed E-state index contributed by atoms with van der Waals surface area (Å²) in [4.78, 5) is 26.4. The first-order valence-electron chi connectivity index (χ1n) is 7.45. The molecule has 3 rings (SSSR count). The lowest BCUT2D eigenvalue weighted by molar-refractivity contribution is -0.124. The third kappa shape index (κ3) is 3.37. The van der Waals surface area contributed by atoms with E-state index in [1.165, 1.54) is 11.3 Å². The monoisotopic (exact) mass is 330 g/mol. The maximum absolute atomic E-state index is 12.6. The molecule has 0 spiro atoms. The molecule has 0 saturated carbocycles. The van der Waals surface area contributed by atoms with Crippen molar-refractivity contribution in [2.24, 2.45) is 0 Å². The Morgan fingerprint density at radius 2 is 2.04 bits per heavy atom. The second kappa shape index (κ2) is 6.83. The molecule has 2 aromatic rings. The molecule has 0 aliphatic carbocycles. The number of hydrogen-bond acceptors (Lipinski definition) is 4. The fraction of sp³-hybridized carbons (Fsp3) is 0.294. The lowest BCUT2D eigenvalue weighted by Gasteiger charge is -2.22. The van der Waals surface area contributed by atoms with Crippen molar-refractivity contribution in [3.8, 4) is 5.75 Å². The van der Waals surface area contributed by atoms with Crippen molar-refractivity contribution in [1.29, 1.82) is 0 Å². The van der Waals surface area contributed by atoms with Crippen LogP contribution in [0.4, 0.5) is 0 Å². The van der Waals surface area contributed by atoms with Crippen LogP contribution in [0.2, 0.25) is 0 Å². The predicted molar refractivity (Wildman–Crippen MR) is 88.7 cm³/mol. The van der Waals surface area contributed by atoms with Crippen molar-refractivity contribution < 1.29 is 14.3 Å². The van der Waals surface area contributed by atoms with Gasteiger partial charge in [-0.05, 0) is 23.6 Å². The van der Waals surface area contributed by atoms with Gasteiger partial charge in [0.2, 0.25) is 5.91 Å². The summed E-state index contributed by atoms with van der Waals surface area (Å²) in [5, 5.41) is 6.29. The zero-order valence-corrected chi connectivity index (χ0v) is 13.6. The van der Waals surface area contributed by atoms with Gasteiger partial charge in [0.25, 0.3) is 5.91 Å². The summed E-state index contributed by atoms with van der Waals surface area (Å²) >= 11 is 1.47. The summed E-state index contributed by atoms with van der Waals surface area (Å²) in [6.07, 6.45) is 0.298. The highest BCUT2D eigenvalue weighted by molar-refractivity contribution is 7.08. The van der Waals surface area contributed by atoms with Crippen molar-refractivity contribution in [3.05, 3.63) is 52.7 Å². The molecule has 2 atom stereocenters. The predicted octanol–water partition coefficient (Wildman–Crippen LogP) is 2.16. The zero-order valence-electron chi connectivity index (χ0n) is 12.8. The molecular weight excluding hydrogens is 312 g/mol. The van der Waals surface area contributed by atoms with Crippen LogP contribution < -0.4 is 10.1 Å². The Labute approximate surface area is 138 Å². The number of benzene rings is 1. The third-order valence-electron chi connectivity index (χ3n) is 3.89. The first kappa shape index (κ1) is 15.6. The molecule has 1 aliphatic heterocycles. The SMILES string of the molecule is CNC(=O)[C@@H]1C[C@H](Oc2ccccc2)CN1C(=O)c1ccsc1. The molecule has 0 unspecified atom stereocenters. The number of nitrogens with zero attached hydrogens (tertiary/aromatic N) is 1. The lowest BCUT2D eigenvalue weighted by atomic mass is 10.1. The summed E-state index contributed by atoms with van der Waals surface area (Å²) in [5.41, 5.74) is 0.615. The molecule has 23 heavy (non-hydrogen) atoms. The summed E-state index contributed by atoms with van der Waals surface area (Å²) in [6.45, 7) is 0.404. The molecule has 1 aliphatic rings. The molecule has 1 aromatic carbocycles. The molecule has 0 bridgehead atoms. The van der Waals surface area contributed by atoms with Crippen molar-refractivity contribution >= 4 is 23.2 Å². The van der Waals surface area contributed by atoms with E-state index in [-0.39, 0.29) is 17.9 Å². The van der Waals surface area contributed by atoms with E-state index in [0.717, 1.165) is 5.75 Å². The average Bonchev–Trinajstić information content (AvgIpc) is 3.24. The summed E-state index contributed by atoms with van der Waals surface area (Å²) in [5.74, 6) is 0.463. The fourth-order valence-corrected chi connectivity index (χ4v) is 3.40. The van der Waals surface area contributed by atoms with Crippen LogP contribution in [0, 0.1) is 0 Å². The Kier molecular flexibility index (Phi) is 4.62. The molecule has 1 N–H and O–H groups in total. The number of thiophene rings is 1. The van der Waals surface area contributed by atoms with E-state index in [9.17, 15) is 9.59 Å². The molecule has 2 amide bonds. The van der Waals surface area contributed by atoms with Gasteiger partial charge in [-0.1, -0.05) is 18.2 Å². The highest BCUT2D eigenvalue weighted by Crippen LogP contribution is 2.25. The Bertz CT molecular complexity index is 672. The minimum absolute atomic E-state index is 0.126. The van der Waals surface area contributed by atoms with E-state index in [1.807, 2.05) is 35.7 Å². The van der Waals surface area contributed by atoms with Crippen LogP contribution in [0.3, 0.4) is 0 Å². The minimum Gasteiger partial charge on any atom is -0.488 e. The zero-order chi connectivity index (χ0) is 16.2. The molecule has 6 heteroatoms. The van der Waals surface area contributed by atoms with E-state index >= 15 is 0 Å². The van der Waals surface area contributed by atoms with Crippen LogP contribution in [0.1, 0.15) is 16.8 Å². The Balaban J connectivity index is 1.77. The van der Waals surface area contributed by atoms with Crippen LogP contribution >= 0.6 is 11.3 Å². The molecule has 0 radical (unpaired) electrons. The van der Waals surface area contributed by atoms with Gasteiger partial charge in [0.15, 0.2) is 0 Å². The molecule has 2 heterocycles. The number of carbonyl (C=O) groups excluding carboxylic acids is 2. The number of para-hydroxylation sites is 1. The van der Waals surface area contributed by atoms with E-state index < -0.39 is 6.04 Å². The molecule has 5 nitrogen and oxygen atoms in total. The number of nitrogens with one attached hydrogen (secondary N) is 1. The smallest absolute Gasteiger partial charge is 0.255 e. The van der Waals surface area contributed by atoms with Gasteiger partial charge in [-0.15, -0.1) is 0 Å². The van der Waals surface area contributed by atoms with Crippen LogP contribution in [0.5, 0.6) is 5.75 Å².